The first-order valence-electron chi connectivity index (χ1n) is 6.18. The molecule has 1 amide bonds. The van der Waals surface area contributed by atoms with Gasteiger partial charge in [-0.05, 0) is 38.8 Å². The van der Waals surface area contributed by atoms with Crippen LogP contribution in [0.3, 0.4) is 0 Å². The van der Waals surface area contributed by atoms with Crippen LogP contribution in [0.2, 0.25) is 0 Å². The van der Waals surface area contributed by atoms with E-state index in [9.17, 15) is 4.79 Å². The normalized spacial score (nSPS) is 20.8. The molecule has 1 rings (SSSR count). The smallest absolute Gasteiger partial charge is 0.219 e. The number of unbranched alkanes of at least 4 members (excludes halogenated alkanes) is 1. The second-order valence-electron chi connectivity index (χ2n) is 4.81. The quantitative estimate of drug-likeness (QED) is 0.676. The van der Waals surface area contributed by atoms with Crippen molar-refractivity contribution in [1.29, 1.82) is 0 Å². The van der Waals surface area contributed by atoms with E-state index in [0.29, 0.717) is 5.92 Å². The van der Waals surface area contributed by atoms with Gasteiger partial charge < -0.3 is 14.9 Å². The van der Waals surface area contributed by atoms with E-state index in [2.05, 4.69) is 11.9 Å². The number of nitrogens with zero attached hydrogens (tertiary/aromatic N) is 2. The lowest BCUT2D eigenvalue weighted by atomic mass is 10.1. The van der Waals surface area contributed by atoms with Gasteiger partial charge in [0, 0.05) is 33.2 Å². The minimum atomic E-state index is 0.199. The van der Waals surface area contributed by atoms with E-state index in [1.54, 1.807) is 6.92 Å². The highest BCUT2D eigenvalue weighted by atomic mass is 16.2. The van der Waals surface area contributed by atoms with Crippen molar-refractivity contribution in [1.82, 2.24) is 9.80 Å². The largest absolute Gasteiger partial charge is 0.396 e. The lowest BCUT2D eigenvalue weighted by molar-refractivity contribution is -0.127. The van der Waals surface area contributed by atoms with Gasteiger partial charge in [0.05, 0.1) is 0 Å². The summed E-state index contributed by atoms with van der Waals surface area (Å²) < 4.78 is 0. The number of hydrogen-bond acceptors (Lipinski definition) is 3. The predicted molar refractivity (Wildman–Crippen MR) is 64.2 cm³/mol. The molecule has 0 aromatic heterocycles. The van der Waals surface area contributed by atoms with E-state index >= 15 is 0 Å². The van der Waals surface area contributed by atoms with Gasteiger partial charge >= 0.3 is 0 Å². The molecule has 1 fully saturated rings. The Morgan fingerprint density at radius 3 is 2.81 bits per heavy atom. The standard InChI is InChI=1S/C12H24N2O2/c1-11(16)14-7-5-12(10-14)9-13(2)6-3-4-8-15/h12,15H,3-10H2,1-2H3. The van der Waals surface area contributed by atoms with Crippen LogP contribution < -0.4 is 0 Å². The average molecular weight is 228 g/mol. The maximum Gasteiger partial charge on any atom is 0.219 e. The van der Waals surface area contributed by atoms with Crippen LogP contribution in [0, 0.1) is 5.92 Å². The van der Waals surface area contributed by atoms with Crippen LogP contribution in [0.1, 0.15) is 26.2 Å². The molecular formula is C12H24N2O2. The highest BCUT2D eigenvalue weighted by Crippen LogP contribution is 2.17. The second-order valence-corrected chi connectivity index (χ2v) is 4.81. The van der Waals surface area contributed by atoms with Crippen LogP contribution in [0.4, 0.5) is 0 Å². The lowest BCUT2D eigenvalue weighted by Gasteiger charge is -2.21. The van der Waals surface area contributed by atoms with Crippen molar-refractivity contribution in [2.24, 2.45) is 5.92 Å². The second kappa shape index (κ2) is 6.86. The zero-order valence-electron chi connectivity index (χ0n) is 10.5. The summed E-state index contributed by atoms with van der Waals surface area (Å²) in [7, 11) is 2.12. The Morgan fingerprint density at radius 1 is 1.50 bits per heavy atom. The van der Waals surface area contributed by atoms with Crippen LogP contribution in [-0.2, 0) is 4.79 Å². The number of aliphatic hydroxyl groups is 1. The molecule has 1 aliphatic heterocycles. The number of carbonyl (C=O) groups is 1. The zero-order chi connectivity index (χ0) is 12.0. The molecule has 1 heterocycles. The van der Waals surface area contributed by atoms with Crippen molar-refractivity contribution in [3.63, 3.8) is 0 Å². The maximum absolute atomic E-state index is 11.2. The topological polar surface area (TPSA) is 43.8 Å². The Kier molecular flexibility index (Phi) is 5.77. The van der Waals surface area contributed by atoms with Crippen LogP contribution >= 0.6 is 0 Å². The molecule has 4 heteroatoms. The first-order chi connectivity index (χ1) is 7.63. The molecule has 0 radical (unpaired) electrons. The molecule has 94 valence electrons. The molecule has 1 atom stereocenters. The van der Waals surface area contributed by atoms with E-state index < -0.39 is 0 Å². The third-order valence-electron chi connectivity index (χ3n) is 3.25. The van der Waals surface area contributed by atoms with Gasteiger partial charge in [-0.2, -0.15) is 0 Å². The summed E-state index contributed by atoms with van der Waals surface area (Å²) in [6.45, 7) is 5.87. The average Bonchev–Trinajstić information content (AvgIpc) is 2.66. The lowest BCUT2D eigenvalue weighted by Crippen LogP contribution is -2.30. The number of rotatable bonds is 6. The van der Waals surface area contributed by atoms with E-state index in [1.165, 1.54) is 0 Å². The van der Waals surface area contributed by atoms with Crippen LogP contribution in [0.5, 0.6) is 0 Å². The molecule has 0 aromatic carbocycles. The Hall–Kier alpha value is -0.610. The summed E-state index contributed by atoms with van der Waals surface area (Å²) in [6.07, 6.45) is 3.06. The van der Waals surface area contributed by atoms with Crippen molar-refractivity contribution < 1.29 is 9.90 Å². The Labute approximate surface area is 98.2 Å². The van der Waals surface area contributed by atoms with Crippen molar-refractivity contribution in [2.75, 3.05) is 39.8 Å². The minimum absolute atomic E-state index is 0.199. The summed E-state index contributed by atoms with van der Waals surface area (Å²) >= 11 is 0. The maximum atomic E-state index is 11.2. The molecule has 1 N–H and O–H groups in total. The molecule has 1 saturated heterocycles. The summed E-state index contributed by atoms with van der Waals surface area (Å²) in [4.78, 5) is 15.4. The van der Waals surface area contributed by atoms with E-state index in [4.69, 9.17) is 5.11 Å². The first kappa shape index (κ1) is 13.5. The van der Waals surface area contributed by atoms with Gasteiger partial charge in [0.2, 0.25) is 5.91 Å². The number of hydrogen-bond donors (Lipinski definition) is 1. The summed E-state index contributed by atoms with van der Waals surface area (Å²) in [6, 6.07) is 0. The third kappa shape index (κ3) is 4.49. The first-order valence-corrected chi connectivity index (χ1v) is 6.18. The van der Waals surface area contributed by atoms with Gasteiger partial charge in [-0.15, -0.1) is 0 Å². The summed E-state index contributed by atoms with van der Waals surface area (Å²) in [5.41, 5.74) is 0. The van der Waals surface area contributed by atoms with Crippen molar-refractivity contribution in [3.8, 4) is 0 Å². The highest BCUT2D eigenvalue weighted by Gasteiger charge is 2.24. The van der Waals surface area contributed by atoms with Gasteiger partial charge in [-0.25, -0.2) is 0 Å². The number of aliphatic hydroxyl groups excluding tert-OH is 1. The molecule has 16 heavy (non-hydrogen) atoms. The van der Waals surface area contributed by atoms with Gasteiger partial charge in [0.15, 0.2) is 0 Å². The monoisotopic (exact) mass is 228 g/mol. The van der Waals surface area contributed by atoms with Crippen LogP contribution in [0.25, 0.3) is 0 Å². The Bertz CT molecular complexity index is 221. The van der Waals surface area contributed by atoms with Crippen molar-refractivity contribution in [2.45, 2.75) is 26.2 Å². The molecule has 0 aliphatic carbocycles. The number of amides is 1. The SMILES string of the molecule is CC(=O)N1CCC(CN(C)CCCCO)C1. The molecule has 0 aromatic rings. The van der Waals surface area contributed by atoms with Crippen LogP contribution in [-0.4, -0.2) is 60.6 Å². The molecule has 0 spiro atoms. The van der Waals surface area contributed by atoms with Crippen molar-refractivity contribution in [3.05, 3.63) is 0 Å². The number of carbonyl (C=O) groups excluding carboxylic acids is 1. The molecule has 0 saturated carbocycles. The highest BCUT2D eigenvalue weighted by molar-refractivity contribution is 5.73. The van der Waals surface area contributed by atoms with E-state index in [0.717, 1.165) is 45.4 Å². The molecule has 1 unspecified atom stereocenters. The predicted octanol–water partition coefficient (Wildman–Crippen LogP) is 0.559. The molecule has 1 aliphatic rings. The zero-order valence-corrected chi connectivity index (χ0v) is 10.5. The van der Waals surface area contributed by atoms with E-state index in [-0.39, 0.29) is 12.5 Å². The van der Waals surface area contributed by atoms with Gasteiger partial charge in [-0.1, -0.05) is 0 Å². The van der Waals surface area contributed by atoms with E-state index in [1.807, 2.05) is 4.90 Å². The fraction of sp³-hybridized carbons (Fsp3) is 0.917. The number of likely N-dealkylation sites (tertiary alicyclic amines) is 1. The van der Waals surface area contributed by atoms with Gasteiger partial charge in [0.1, 0.15) is 0 Å². The Morgan fingerprint density at radius 2 is 2.25 bits per heavy atom. The third-order valence-corrected chi connectivity index (χ3v) is 3.25. The van der Waals surface area contributed by atoms with Crippen LogP contribution in [0.15, 0.2) is 0 Å². The minimum Gasteiger partial charge on any atom is -0.396 e. The summed E-state index contributed by atoms with van der Waals surface area (Å²) in [5, 5.41) is 8.70. The van der Waals surface area contributed by atoms with Gasteiger partial charge in [0.25, 0.3) is 0 Å². The molecule has 4 nitrogen and oxygen atoms in total. The Balaban J connectivity index is 2.15. The fourth-order valence-electron chi connectivity index (χ4n) is 2.29. The van der Waals surface area contributed by atoms with Crippen molar-refractivity contribution >= 4 is 5.91 Å². The molecular weight excluding hydrogens is 204 g/mol. The fourth-order valence-corrected chi connectivity index (χ4v) is 2.29. The molecule has 0 bridgehead atoms. The van der Waals surface area contributed by atoms with Gasteiger partial charge in [-0.3, -0.25) is 4.79 Å². The summed E-state index contributed by atoms with van der Waals surface area (Å²) in [5.74, 6) is 0.827.